The molecule has 2 heterocycles. The van der Waals surface area contributed by atoms with E-state index in [0.29, 0.717) is 30.4 Å². The molecular formula is C20H23N3O2. The van der Waals surface area contributed by atoms with Gasteiger partial charge in [-0.2, -0.15) is 5.26 Å². The highest BCUT2D eigenvalue weighted by Gasteiger charge is 2.56. The van der Waals surface area contributed by atoms with Crippen LogP contribution >= 0.6 is 0 Å². The Morgan fingerprint density at radius 2 is 1.84 bits per heavy atom. The summed E-state index contributed by atoms with van der Waals surface area (Å²) in [6.45, 7) is 1.30. The number of likely N-dealkylation sites (tertiary alicyclic amines) is 1. The number of carbonyl (C=O) groups excluding carboxylic acids is 1. The minimum atomic E-state index is -0.0569. The molecule has 5 fully saturated rings. The normalized spacial score (nSPS) is 36.0. The summed E-state index contributed by atoms with van der Waals surface area (Å²) in [6, 6.07) is 5.41. The number of ether oxygens (including phenoxy) is 1. The highest BCUT2D eigenvalue weighted by atomic mass is 16.5. The molecular weight excluding hydrogens is 314 g/mol. The van der Waals surface area contributed by atoms with E-state index in [4.69, 9.17) is 10.00 Å². The Morgan fingerprint density at radius 1 is 1.20 bits per heavy atom. The molecule has 0 aromatic carbocycles. The lowest BCUT2D eigenvalue weighted by Crippen LogP contribution is -2.62. The lowest BCUT2D eigenvalue weighted by atomic mass is 9.49. The molecule has 1 aliphatic heterocycles. The number of carbonyl (C=O) groups is 1. The van der Waals surface area contributed by atoms with Gasteiger partial charge in [0.05, 0.1) is 30.1 Å². The van der Waals surface area contributed by atoms with Crippen LogP contribution in [0.4, 0.5) is 0 Å². The van der Waals surface area contributed by atoms with Crippen molar-refractivity contribution in [1.29, 1.82) is 5.26 Å². The minimum absolute atomic E-state index is 0.000643. The quantitative estimate of drug-likeness (QED) is 0.850. The first-order valence-electron chi connectivity index (χ1n) is 9.46. The summed E-state index contributed by atoms with van der Waals surface area (Å²) in [5, 5.41) is 8.95. The number of hydrogen-bond donors (Lipinski definition) is 0. The van der Waals surface area contributed by atoms with Gasteiger partial charge in [0.1, 0.15) is 6.10 Å². The van der Waals surface area contributed by atoms with E-state index in [2.05, 4.69) is 11.1 Å². The topological polar surface area (TPSA) is 66.2 Å². The predicted molar refractivity (Wildman–Crippen MR) is 90.6 cm³/mol. The fourth-order valence-electron chi connectivity index (χ4n) is 6.10. The third kappa shape index (κ3) is 2.50. The van der Waals surface area contributed by atoms with E-state index in [-0.39, 0.29) is 11.5 Å². The summed E-state index contributed by atoms with van der Waals surface area (Å²) >= 11 is 0. The molecule has 4 aliphatic carbocycles. The van der Waals surface area contributed by atoms with Crippen LogP contribution in [0.15, 0.2) is 18.3 Å². The van der Waals surface area contributed by atoms with E-state index in [1.54, 1.807) is 18.3 Å². The van der Waals surface area contributed by atoms with Gasteiger partial charge >= 0.3 is 0 Å². The standard InChI is InChI=1S/C20H23N3O2/c21-10-13-1-2-22-18(6-13)25-17-11-23(12-17)19(24)20-7-14-3-15(8-20)5-16(4-14)9-20/h1-2,6,14-17H,3-5,7-9,11-12H2. The van der Waals surface area contributed by atoms with Crippen LogP contribution in [0.3, 0.4) is 0 Å². The number of hydrogen-bond acceptors (Lipinski definition) is 4. The van der Waals surface area contributed by atoms with E-state index in [1.165, 1.54) is 19.3 Å². The van der Waals surface area contributed by atoms with Gasteiger partial charge in [0.15, 0.2) is 0 Å². The summed E-state index contributed by atoms with van der Waals surface area (Å²) in [4.78, 5) is 19.3. The van der Waals surface area contributed by atoms with Gasteiger partial charge in [-0.1, -0.05) is 0 Å². The maximum atomic E-state index is 13.2. The highest BCUT2D eigenvalue weighted by molar-refractivity contribution is 5.84. The van der Waals surface area contributed by atoms with Crippen molar-refractivity contribution in [3.63, 3.8) is 0 Å². The minimum Gasteiger partial charge on any atom is -0.471 e. The molecule has 130 valence electrons. The van der Waals surface area contributed by atoms with Crippen molar-refractivity contribution in [3.05, 3.63) is 23.9 Å². The lowest BCUT2D eigenvalue weighted by molar-refractivity contribution is -0.166. The van der Waals surface area contributed by atoms with Crippen LogP contribution in [0.25, 0.3) is 0 Å². The van der Waals surface area contributed by atoms with Gasteiger partial charge in [0.25, 0.3) is 0 Å². The average molecular weight is 337 g/mol. The fraction of sp³-hybridized carbons (Fsp3) is 0.650. The summed E-state index contributed by atoms with van der Waals surface area (Å²) in [7, 11) is 0. The smallest absolute Gasteiger partial charge is 0.229 e. The summed E-state index contributed by atoms with van der Waals surface area (Å²) in [6.07, 6.45) is 9.02. The SMILES string of the molecule is N#Cc1ccnc(OC2CN(C(=O)C34CC5CC(CC(C5)C3)C4)C2)c1. The number of amides is 1. The molecule has 0 spiro atoms. The van der Waals surface area contributed by atoms with E-state index in [9.17, 15) is 4.79 Å². The Bertz CT molecular complexity index is 712. The monoisotopic (exact) mass is 337 g/mol. The van der Waals surface area contributed by atoms with Crippen LogP contribution in [0.5, 0.6) is 5.88 Å². The third-order valence-electron chi connectivity index (χ3n) is 6.78. The Balaban J connectivity index is 1.22. The Labute approximate surface area is 148 Å². The van der Waals surface area contributed by atoms with Gasteiger partial charge < -0.3 is 9.64 Å². The molecule has 5 aliphatic rings. The second-order valence-corrected chi connectivity index (χ2v) is 8.64. The number of nitriles is 1. The summed E-state index contributed by atoms with van der Waals surface area (Å²) in [5.74, 6) is 3.24. The van der Waals surface area contributed by atoms with E-state index >= 15 is 0 Å². The largest absolute Gasteiger partial charge is 0.471 e. The maximum absolute atomic E-state index is 13.2. The second kappa shape index (κ2) is 5.45. The first kappa shape index (κ1) is 15.2. The molecule has 25 heavy (non-hydrogen) atoms. The van der Waals surface area contributed by atoms with Crippen molar-refractivity contribution >= 4 is 5.91 Å². The molecule has 1 aromatic rings. The van der Waals surface area contributed by atoms with E-state index < -0.39 is 0 Å². The van der Waals surface area contributed by atoms with Crippen LogP contribution in [0.2, 0.25) is 0 Å². The fourth-order valence-corrected chi connectivity index (χ4v) is 6.10. The molecule has 0 radical (unpaired) electrons. The van der Waals surface area contributed by atoms with Crippen molar-refractivity contribution in [2.24, 2.45) is 23.2 Å². The average Bonchev–Trinajstić information content (AvgIpc) is 2.56. The van der Waals surface area contributed by atoms with Crippen LogP contribution in [0.1, 0.15) is 44.1 Å². The van der Waals surface area contributed by atoms with Gasteiger partial charge in [-0.3, -0.25) is 4.79 Å². The molecule has 1 saturated heterocycles. The first-order valence-corrected chi connectivity index (χ1v) is 9.46. The van der Waals surface area contributed by atoms with Crippen LogP contribution in [-0.4, -0.2) is 35.0 Å². The number of aromatic nitrogens is 1. The zero-order valence-electron chi connectivity index (χ0n) is 14.4. The number of pyridine rings is 1. The predicted octanol–water partition coefficient (Wildman–Crippen LogP) is 2.76. The molecule has 4 saturated carbocycles. The van der Waals surface area contributed by atoms with E-state index in [1.807, 2.05) is 4.90 Å². The summed E-state index contributed by atoms with van der Waals surface area (Å²) in [5.41, 5.74) is 0.490. The van der Waals surface area contributed by atoms with Crippen LogP contribution in [-0.2, 0) is 4.79 Å². The molecule has 0 N–H and O–H groups in total. The van der Waals surface area contributed by atoms with Crippen molar-refractivity contribution in [2.75, 3.05) is 13.1 Å². The molecule has 5 heteroatoms. The molecule has 1 aromatic heterocycles. The van der Waals surface area contributed by atoms with Gasteiger partial charge in [0, 0.05) is 12.3 Å². The van der Waals surface area contributed by atoms with Gasteiger partial charge in [-0.05, 0) is 62.3 Å². The number of rotatable bonds is 3. The molecule has 1 amide bonds. The van der Waals surface area contributed by atoms with E-state index in [0.717, 1.165) is 37.0 Å². The molecule has 5 nitrogen and oxygen atoms in total. The Hall–Kier alpha value is -2.09. The van der Waals surface area contributed by atoms with Gasteiger partial charge in [-0.25, -0.2) is 4.98 Å². The maximum Gasteiger partial charge on any atom is 0.229 e. The number of nitrogens with zero attached hydrogens (tertiary/aromatic N) is 3. The highest BCUT2D eigenvalue weighted by Crippen LogP contribution is 2.60. The van der Waals surface area contributed by atoms with Crippen LogP contribution < -0.4 is 4.74 Å². The summed E-state index contributed by atoms with van der Waals surface area (Å²) < 4.78 is 5.84. The molecule has 4 bridgehead atoms. The molecule has 0 atom stereocenters. The van der Waals surface area contributed by atoms with Gasteiger partial charge in [0.2, 0.25) is 11.8 Å². The Morgan fingerprint density at radius 3 is 2.44 bits per heavy atom. The van der Waals surface area contributed by atoms with Crippen molar-refractivity contribution in [1.82, 2.24) is 9.88 Å². The zero-order valence-corrected chi connectivity index (χ0v) is 14.4. The van der Waals surface area contributed by atoms with Gasteiger partial charge in [-0.15, -0.1) is 0 Å². The third-order valence-corrected chi connectivity index (χ3v) is 6.78. The second-order valence-electron chi connectivity index (χ2n) is 8.64. The first-order chi connectivity index (χ1) is 12.1. The zero-order chi connectivity index (χ0) is 17.0. The molecule has 0 unspecified atom stereocenters. The molecule has 6 rings (SSSR count). The van der Waals surface area contributed by atoms with Crippen molar-refractivity contribution in [3.8, 4) is 11.9 Å². The van der Waals surface area contributed by atoms with Crippen molar-refractivity contribution in [2.45, 2.75) is 44.6 Å². The van der Waals surface area contributed by atoms with Crippen LogP contribution in [0, 0.1) is 34.5 Å². The Kier molecular flexibility index (Phi) is 3.31. The lowest BCUT2D eigenvalue weighted by Gasteiger charge is -2.57. The van der Waals surface area contributed by atoms with Crippen molar-refractivity contribution < 1.29 is 9.53 Å².